The Bertz CT molecular complexity index is 373. The van der Waals surface area contributed by atoms with Crippen molar-refractivity contribution in [2.24, 2.45) is 5.73 Å². The van der Waals surface area contributed by atoms with Gasteiger partial charge in [-0.1, -0.05) is 0 Å². The smallest absolute Gasteiger partial charge is 0.223 e. The third-order valence-electron chi connectivity index (χ3n) is 3.31. The van der Waals surface area contributed by atoms with Gasteiger partial charge in [-0.2, -0.15) is 0 Å². The highest BCUT2D eigenvalue weighted by molar-refractivity contribution is 5.77. The van der Waals surface area contributed by atoms with Gasteiger partial charge in [0.25, 0.3) is 0 Å². The first-order chi connectivity index (χ1) is 8.11. The molecule has 0 aromatic carbocycles. The summed E-state index contributed by atoms with van der Waals surface area (Å²) in [6, 6.07) is 3.71. The lowest BCUT2D eigenvalue weighted by Crippen LogP contribution is -2.45. The molecule has 0 saturated carbocycles. The van der Waals surface area contributed by atoms with Crippen molar-refractivity contribution in [2.45, 2.75) is 51.2 Å². The van der Waals surface area contributed by atoms with E-state index in [1.54, 1.807) is 6.26 Å². The van der Waals surface area contributed by atoms with Gasteiger partial charge in [0.05, 0.1) is 6.26 Å². The van der Waals surface area contributed by atoms with Gasteiger partial charge in [0.2, 0.25) is 5.91 Å². The van der Waals surface area contributed by atoms with Crippen LogP contribution in [0.4, 0.5) is 0 Å². The van der Waals surface area contributed by atoms with Crippen molar-refractivity contribution in [3.63, 3.8) is 0 Å². The van der Waals surface area contributed by atoms with E-state index < -0.39 is 0 Å². The topological polar surface area (TPSA) is 59.5 Å². The van der Waals surface area contributed by atoms with Crippen LogP contribution in [0.5, 0.6) is 0 Å². The van der Waals surface area contributed by atoms with Crippen LogP contribution in [-0.2, 0) is 4.79 Å². The van der Waals surface area contributed by atoms with Gasteiger partial charge in [-0.3, -0.25) is 4.79 Å². The number of likely N-dealkylation sites (tertiary alicyclic amines) is 1. The van der Waals surface area contributed by atoms with Crippen molar-refractivity contribution in [1.82, 2.24) is 4.90 Å². The van der Waals surface area contributed by atoms with E-state index in [-0.39, 0.29) is 24.0 Å². The average Bonchev–Trinajstić information content (AvgIpc) is 2.72. The predicted molar refractivity (Wildman–Crippen MR) is 65.3 cm³/mol. The third-order valence-corrected chi connectivity index (χ3v) is 3.31. The van der Waals surface area contributed by atoms with Crippen LogP contribution in [0.25, 0.3) is 0 Å². The second-order valence-electron chi connectivity index (χ2n) is 4.91. The molecule has 1 aliphatic heterocycles. The number of furan rings is 1. The summed E-state index contributed by atoms with van der Waals surface area (Å²) in [5.74, 6) is 0.968. The predicted octanol–water partition coefficient (Wildman–Crippen LogP) is 2.07. The van der Waals surface area contributed by atoms with Crippen LogP contribution in [0.15, 0.2) is 22.8 Å². The normalized spacial score (nSPS) is 26.4. The van der Waals surface area contributed by atoms with Crippen LogP contribution in [0.3, 0.4) is 0 Å². The summed E-state index contributed by atoms with van der Waals surface area (Å²) >= 11 is 0. The monoisotopic (exact) mass is 236 g/mol. The highest BCUT2D eigenvalue weighted by Gasteiger charge is 2.35. The molecule has 2 N–H and O–H groups in total. The van der Waals surface area contributed by atoms with E-state index in [0.717, 1.165) is 18.6 Å². The van der Waals surface area contributed by atoms with Gasteiger partial charge in [-0.15, -0.1) is 0 Å². The second kappa shape index (κ2) is 4.92. The number of carbonyl (C=O) groups excluding carboxylic acids is 1. The Morgan fingerprint density at radius 2 is 2.29 bits per heavy atom. The molecule has 94 valence electrons. The molecule has 2 heterocycles. The summed E-state index contributed by atoms with van der Waals surface area (Å²) in [4.78, 5) is 14.0. The number of hydrogen-bond acceptors (Lipinski definition) is 3. The molecule has 4 nitrogen and oxygen atoms in total. The molecule has 2 rings (SSSR count). The molecule has 1 fully saturated rings. The summed E-state index contributed by atoms with van der Waals surface area (Å²) in [7, 11) is 0. The van der Waals surface area contributed by atoms with Gasteiger partial charge in [0, 0.05) is 18.5 Å². The largest absolute Gasteiger partial charge is 0.467 e. The van der Waals surface area contributed by atoms with Crippen LogP contribution >= 0.6 is 0 Å². The zero-order valence-corrected chi connectivity index (χ0v) is 10.4. The lowest BCUT2D eigenvalue weighted by molar-refractivity contribution is -0.135. The number of rotatable bonds is 2. The highest BCUT2D eigenvalue weighted by atomic mass is 16.3. The van der Waals surface area contributed by atoms with Crippen molar-refractivity contribution in [3.8, 4) is 0 Å². The standard InChI is InChI=1S/C13H20N2O2/c1-9(2)15-12(16)7-3-5-10(14)13(15)11-6-4-8-17-11/h4,6,8-10,13H,3,5,7,14H2,1-2H3. The molecule has 0 spiro atoms. The number of hydrogen-bond donors (Lipinski definition) is 1. The van der Waals surface area contributed by atoms with Gasteiger partial charge in [-0.05, 0) is 38.8 Å². The maximum Gasteiger partial charge on any atom is 0.223 e. The fourth-order valence-corrected chi connectivity index (χ4v) is 2.55. The van der Waals surface area contributed by atoms with E-state index in [1.165, 1.54) is 0 Å². The van der Waals surface area contributed by atoms with E-state index in [2.05, 4.69) is 0 Å². The van der Waals surface area contributed by atoms with Gasteiger partial charge < -0.3 is 15.1 Å². The zero-order chi connectivity index (χ0) is 12.4. The minimum atomic E-state index is -0.125. The molecule has 1 aromatic rings. The van der Waals surface area contributed by atoms with Gasteiger partial charge in [0.1, 0.15) is 11.8 Å². The lowest BCUT2D eigenvalue weighted by Gasteiger charge is -2.35. The third kappa shape index (κ3) is 2.36. The molecule has 1 aliphatic rings. The second-order valence-corrected chi connectivity index (χ2v) is 4.91. The van der Waals surface area contributed by atoms with Crippen molar-refractivity contribution < 1.29 is 9.21 Å². The van der Waals surface area contributed by atoms with Crippen LogP contribution in [0, 0.1) is 0 Å². The molecule has 2 atom stereocenters. The maximum atomic E-state index is 12.1. The van der Waals surface area contributed by atoms with E-state index in [9.17, 15) is 4.79 Å². The molecule has 0 aliphatic carbocycles. The number of amides is 1. The fourth-order valence-electron chi connectivity index (χ4n) is 2.55. The Kier molecular flexibility index (Phi) is 3.52. The van der Waals surface area contributed by atoms with Gasteiger partial charge in [-0.25, -0.2) is 0 Å². The zero-order valence-electron chi connectivity index (χ0n) is 10.4. The minimum absolute atomic E-state index is 0.0463. The maximum absolute atomic E-state index is 12.1. The molecular weight excluding hydrogens is 216 g/mol. The Labute approximate surface area is 102 Å². The SMILES string of the molecule is CC(C)N1C(=O)CCCC(N)C1c1ccco1. The summed E-state index contributed by atoms with van der Waals surface area (Å²) in [6.07, 6.45) is 3.94. The number of nitrogens with zero attached hydrogens (tertiary/aromatic N) is 1. The van der Waals surface area contributed by atoms with Crippen molar-refractivity contribution in [3.05, 3.63) is 24.2 Å². The first kappa shape index (κ1) is 12.2. The molecule has 4 heteroatoms. The molecule has 1 saturated heterocycles. The van der Waals surface area contributed by atoms with Crippen molar-refractivity contribution >= 4 is 5.91 Å². The van der Waals surface area contributed by atoms with Crippen LogP contribution in [0.1, 0.15) is 44.9 Å². The summed E-state index contributed by atoms with van der Waals surface area (Å²) in [5, 5.41) is 0. The molecule has 0 radical (unpaired) electrons. The molecule has 2 unspecified atom stereocenters. The molecule has 17 heavy (non-hydrogen) atoms. The average molecular weight is 236 g/mol. The summed E-state index contributed by atoms with van der Waals surface area (Å²) < 4.78 is 5.45. The van der Waals surface area contributed by atoms with Crippen molar-refractivity contribution in [1.29, 1.82) is 0 Å². The van der Waals surface area contributed by atoms with E-state index in [4.69, 9.17) is 10.2 Å². The van der Waals surface area contributed by atoms with Crippen molar-refractivity contribution in [2.75, 3.05) is 0 Å². The molecule has 0 bridgehead atoms. The van der Waals surface area contributed by atoms with Gasteiger partial charge >= 0.3 is 0 Å². The highest BCUT2D eigenvalue weighted by Crippen LogP contribution is 2.31. The Balaban J connectivity index is 2.36. The summed E-state index contributed by atoms with van der Waals surface area (Å²) in [6.45, 7) is 4.04. The van der Waals surface area contributed by atoms with Crippen LogP contribution < -0.4 is 5.73 Å². The Hall–Kier alpha value is -1.29. The van der Waals surface area contributed by atoms with E-state index in [1.807, 2.05) is 30.9 Å². The molecular formula is C13H20N2O2. The van der Waals surface area contributed by atoms with E-state index in [0.29, 0.717) is 6.42 Å². The van der Waals surface area contributed by atoms with Crippen LogP contribution in [0.2, 0.25) is 0 Å². The quantitative estimate of drug-likeness (QED) is 0.855. The Morgan fingerprint density at radius 3 is 2.88 bits per heavy atom. The Morgan fingerprint density at radius 1 is 1.53 bits per heavy atom. The number of carbonyl (C=O) groups is 1. The first-order valence-corrected chi connectivity index (χ1v) is 6.21. The number of nitrogens with two attached hydrogens (primary N) is 1. The minimum Gasteiger partial charge on any atom is -0.467 e. The first-order valence-electron chi connectivity index (χ1n) is 6.21. The van der Waals surface area contributed by atoms with Gasteiger partial charge in [0.15, 0.2) is 0 Å². The lowest BCUT2D eigenvalue weighted by atomic mass is 10.0. The molecule has 1 aromatic heterocycles. The molecule has 1 amide bonds. The summed E-state index contributed by atoms with van der Waals surface area (Å²) in [5.41, 5.74) is 6.21. The fraction of sp³-hybridized carbons (Fsp3) is 0.615. The van der Waals surface area contributed by atoms with E-state index >= 15 is 0 Å². The van der Waals surface area contributed by atoms with Crippen LogP contribution in [-0.4, -0.2) is 22.9 Å².